The summed E-state index contributed by atoms with van der Waals surface area (Å²) in [6.07, 6.45) is 0. The molecule has 10 heavy (non-hydrogen) atoms. The van der Waals surface area contributed by atoms with Crippen LogP contribution in [0.5, 0.6) is 0 Å². The zero-order valence-electron chi connectivity index (χ0n) is 5.24. The third kappa shape index (κ3) is 0.862. The van der Waals surface area contributed by atoms with E-state index in [1.165, 1.54) is 21.4 Å². The second-order valence-corrected chi connectivity index (χ2v) is 3.04. The lowest BCUT2D eigenvalue weighted by Crippen LogP contribution is -2.25. The minimum absolute atomic E-state index is 1.08. The van der Waals surface area contributed by atoms with Gasteiger partial charge in [-0.15, -0.1) is 0 Å². The van der Waals surface area contributed by atoms with E-state index in [9.17, 15) is 0 Å². The Morgan fingerprint density at radius 3 is 3.00 bits per heavy atom. The van der Waals surface area contributed by atoms with Crippen molar-refractivity contribution in [3.63, 3.8) is 0 Å². The molecule has 52 valence electrons. The quantitative estimate of drug-likeness (QED) is 0.434. The molecule has 4 heteroatoms. The number of para-hydroxylation sites is 1. The van der Waals surface area contributed by atoms with Crippen LogP contribution in [0.3, 0.4) is 0 Å². The summed E-state index contributed by atoms with van der Waals surface area (Å²) in [7, 11) is 0. The molecule has 3 N–H and O–H groups in total. The minimum atomic E-state index is 1.08. The van der Waals surface area contributed by atoms with Crippen molar-refractivity contribution in [2.24, 2.45) is 5.84 Å². The Kier molecular flexibility index (Phi) is 1.30. The van der Waals surface area contributed by atoms with Crippen LogP contribution in [-0.4, -0.2) is 4.52 Å². The van der Waals surface area contributed by atoms with Crippen LogP contribution in [-0.2, 0) is 0 Å². The molecule has 1 aromatic carbocycles. The molecular weight excluding hydrogens is 146 g/mol. The average molecular weight is 153 g/mol. The van der Waals surface area contributed by atoms with Crippen LogP contribution >= 0.6 is 11.9 Å². The van der Waals surface area contributed by atoms with Gasteiger partial charge in [-0.25, -0.2) is 5.84 Å². The Hall–Kier alpha value is -0.710. The molecule has 1 aromatic rings. The van der Waals surface area contributed by atoms with Crippen molar-refractivity contribution in [3.8, 4) is 0 Å². The van der Waals surface area contributed by atoms with Gasteiger partial charge >= 0.3 is 0 Å². The van der Waals surface area contributed by atoms with Crippen LogP contribution in [0, 0.1) is 0 Å². The molecule has 0 unspecified atom stereocenters. The zero-order valence-corrected chi connectivity index (χ0v) is 6.06. The molecule has 0 amide bonds. The molecule has 2 rings (SSSR count). The summed E-state index contributed by atoms with van der Waals surface area (Å²) < 4.78 is 1.49. The molecule has 0 radical (unpaired) electrons. The third-order valence-corrected chi connectivity index (χ3v) is 2.16. The summed E-state index contributed by atoms with van der Waals surface area (Å²) >= 11 is 1.49. The number of fused-ring (bicyclic) bond motifs is 1. The van der Waals surface area contributed by atoms with E-state index in [0.717, 1.165) is 5.69 Å². The molecule has 0 spiro atoms. The number of hydrogen-bond acceptors (Lipinski definition) is 4. The van der Waals surface area contributed by atoms with Gasteiger partial charge in [0.05, 0.1) is 10.6 Å². The van der Waals surface area contributed by atoms with E-state index in [1.807, 2.05) is 24.3 Å². The van der Waals surface area contributed by atoms with Crippen molar-refractivity contribution in [3.05, 3.63) is 24.3 Å². The van der Waals surface area contributed by atoms with E-state index in [-0.39, 0.29) is 0 Å². The number of nitrogens with two attached hydrogens (primary N) is 1. The second-order valence-electron chi connectivity index (χ2n) is 2.03. The van der Waals surface area contributed by atoms with Gasteiger partial charge in [0.2, 0.25) is 0 Å². The van der Waals surface area contributed by atoms with Gasteiger partial charge in [0, 0.05) is 0 Å². The molecule has 1 heterocycles. The van der Waals surface area contributed by atoms with E-state index in [1.54, 1.807) is 0 Å². The summed E-state index contributed by atoms with van der Waals surface area (Å²) in [4.78, 5) is 1.17. The molecule has 0 fully saturated rings. The summed E-state index contributed by atoms with van der Waals surface area (Å²) in [5.41, 5.74) is 4.05. The molecule has 0 aromatic heterocycles. The van der Waals surface area contributed by atoms with Crippen LogP contribution in [0.2, 0.25) is 0 Å². The fraction of sp³-hybridized carbons (Fsp3) is 0. The fourth-order valence-electron chi connectivity index (χ4n) is 0.886. The first-order valence-corrected chi connectivity index (χ1v) is 3.72. The van der Waals surface area contributed by atoms with Crippen LogP contribution in [0.1, 0.15) is 0 Å². The van der Waals surface area contributed by atoms with Crippen LogP contribution in [0.15, 0.2) is 29.2 Å². The zero-order chi connectivity index (χ0) is 6.97. The highest BCUT2D eigenvalue weighted by atomic mass is 32.2. The van der Waals surface area contributed by atoms with Gasteiger partial charge in [-0.1, -0.05) is 16.7 Å². The summed E-state index contributed by atoms with van der Waals surface area (Å²) in [5.74, 6) is 5.47. The van der Waals surface area contributed by atoms with Gasteiger partial charge in [0.1, 0.15) is 0 Å². The number of hydrogen-bond donors (Lipinski definition) is 2. The van der Waals surface area contributed by atoms with Gasteiger partial charge in [0.15, 0.2) is 0 Å². The highest BCUT2D eigenvalue weighted by Crippen LogP contribution is 2.34. The number of rotatable bonds is 0. The van der Waals surface area contributed by atoms with E-state index < -0.39 is 0 Å². The minimum Gasteiger partial charge on any atom is -0.294 e. The number of nitrogens with zero attached hydrogens (tertiary/aromatic N) is 1. The summed E-state index contributed by atoms with van der Waals surface area (Å²) in [6.45, 7) is 0. The first-order valence-electron chi connectivity index (χ1n) is 2.95. The van der Waals surface area contributed by atoms with Gasteiger partial charge in [-0.3, -0.25) is 5.43 Å². The van der Waals surface area contributed by atoms with E-state index in [2.05, 4.69) is 5.43 Å². The normalized spacial score (nSPS) is 16.5. The average Bonchev–Trinajstić information content (AvgIpc) is 2.27. The highest BCUT2D eigenvalue weighted by molar-refractivity contribution is 7.97. The predicted octanol–water partition coefficient (Wildman–Crippen LogP) is 1.21. The van der Waals surface area contributed by atoms with E-state index in [4.69, 9.17) is 5.84 Å². The van der Waals surface area contributed by atoms with Crippen LogP contribution < -0.4 is 11.3 Å². The van der Waals surface area contributed by atoms with Gasteiger partial charge < -0.3 is 0 Å². The number of hydrazine groups is 2. The maximum absolute atomic E-state index is 5.47. The maximum atomic E-state index is 5.47. The number of nitrogens with one attached hydrogen (secondary N) is 1. The Balaban J connectivity index is 2.42. The standard InChI is InChI=1S/C6H7N3S/c7-9-8-5-3-1-2-4-6(5)10-9/h1-4,8H,7H2. The Bertz CT molecular complexity index is 226. The molecule has 0 bridgehead atoms. The van der Waals surface area contributed by atoms with Crippen molar-refractivity contribution < 1.29 is 0 Å². The molecule has 0 saturated heterocycles. The van der Waals surface area contributed by atoms with Crippen molar-refractivity contribution in [1.82, 2.24) is 4.52 Å². The van der Waals surface area contributed by atoms with E-state index >= 15 is 0 Å². The van der Waals surface area contributed by atoms with Crippen molar-refractivity contribution >= 4 is 17.6 Å². The molecule has 0 atom stereocenters. The Labute approximate surface area is 63.3 Å². The highest BCUT2D eigenvalue weighted by Gasteiger charge is 2.14. The predicted molar refractivity (Wildman–Crippen MR) is 41.9 cm³/mol. The largest absolute Gasteiger partial charge is 0.294 e. The first-order chi connectivity index (χ1) is 4.86. The number of anilines is 1. The summed E-state index contributed by atoms with van der Waals surface area (Å²) in [5, 5.41) is 0. The smallest absolute Gasteiger partial charge is 0.0663 e. The van der Waals surface area contributed by atoms with E-state index in [0.29, 0.717) is 0 Å². The number of benzene rings is 1. The Morgan fingerprint density at radius 2 is 2.20 bits per heavy atom. The van der Waals surface area contributed by atoms with Crippen LogP contribution in [0.4, 0.5) is 5.69 Å². The maximum Gasteiger partial charge on any atom is 0.0663 e. The lowest BCUT2D eigenvalue weighted by Gasteiger charge is -2.03. The molecular formula is C6H7N3S. The Morgan fingerprint density at radius 1 is 1.40 bits per heavy atom. The summed E-state index contributed by atoms with van der Waals surface area (Å²) in [6, 6.07) is 7.99. The second kappa shape index (κ2) is 2.16. The molecule has 0 aliphatic carbocycles. The van der Waals surface area contributed by atoms with Gasteiger partial charge in [-0.05, 0) is 24.1 Å². The lowest BCUT2D eigenvalue weighted by atomic mass is 10.3. The third-order valence-electron chi connectivity index (χ3n) is 1.31. The van der Waals surface area contributed by atoms with Crippen molar-refractivity contribution in [2.45, 2.75) is 4.90 Å². The van der Waals surface area contributed by atoms with Crippen molar-refractivity contribution in [2.75, 3.05) is 5.43 Å². The first kappa shape index (κ1) is 6.03. The molecule has 1 aliphatic heterocycles. The molecule has 0 saturated carbocycles. The topological polar surface area (TPSA) is 41.3 Å². The monoisotopic (exact) mass is 153 g/mol. The fourth-order valence-corrected chi connectivity index (χ4v) is 1.59. The van der Waals surface area contributed by atoms with Gasteiger partial charge in [-0.2, -0.15) is 0 Å². The SMILES string of the molecule is NN1Nc2ccccc2S1. The van der Waals surface area contributed by atoms with Crippen LogP contribution in [0.25, 0.3) is 0 Å². The lowest BCUT2D eigenvalue weighted by molar-refractivity contribution is 0.610. The molecule has 3 nitrogen and oxygen atoms in total. The van der Waals surface area contributed by atoms with Crippen molar-refractivity contribution in [1.29, 1.82) is 0 Å². The molecule has 1 aliphatic rings. The van der Waals surface area contributed by atoms with Gasteiger partial charge in [0.25, 0.3) is 0 Å².